The molecule has 142 valence electrons. The van der Waals surface area contributed by atoms with Crippen molar-refractivity contribution in [3.8, 4) is 5.75 Å². The van der Waals surface area contributed by atoms with Crippen LogP contribution in [0.1, 0.15) is 19.4 Å². The Bertz CT molecular complexity index is 880. The average Bonchev–Trinajstić information content (AvgIpc) is 2.59. The van der Waals surface area contributed by atoms with E-state index in [0.717, 1.165) is 14.5 Å². The Morgan fingerprint density at radius 1 is 1.07 bits per heavy atom. The van der Waals surface area contributed by atoms with E-state index in [1.807, 2.05) is 26.0 Å². The van der Waals surface area contributed by atoms with Crippen LogP contribution in [0.2, 0.25) is 0 Å². The Balaban J connectivity index is 2.10. The summed E-state index contributed by atoms with van der Waals surface area (Å²) in [6.45, 7) is 3.64. The second-order valence-electron chi connectivity index (χ2n) is 6.06. The minimum Gasteiger partial charge on any atom is -0.495 e. The fourth-order valence-corrected chi connectivity index (χ4v) is 3.65. The SMILES string of the molecule is COc1c(Br)cc(Br)cc1C=CC(=O)Nc1cccc(NC(=O)C(C)C)c1. The van der Waals surface area contributed by atoms with Gasteiger partial charge in [0.25, 0.3) is 0 Å². The molecule has 0 saturated heterocycles. The summed E-state index contributed by atoms with van der Waals surface area (Å²) in [5.74, 6) is 0.150. The molecule has 0 aliphatic heterocycles. The fraction of sp³-hybridized carbons (Fsp3) is 0.200. The van der Waals surface area contributed by atoms with E-state index in [1.165, 1.54) is 6.08 Å². The fourth-order valence-electron chi connectivity index (χ4n) is 2.23. The van der Waals surface area contributed by atoms with Crippen LogP contribution in [0.3, 0.4) is 0 Å². The highest BCUT2D eigenvalue weighted by atomic mass is 79.9. The van der Waals surface area contributed by atoms with Crippen molar-refractivity contribution in [2.24, 2.45) is 5.92 Å². The molecule has 0 atom stereocenters. The van der Waals surface area contributed by atoms with Crippen molar-refractivity contribution in [3.63, 3.8) is 0 Å². The van der Waals surface area contributed by atoms with E-state index in [0.29, 0.717) is 17.1 Å². The zero-order valence-electron chi connectivity index (χ0n) is 15.2. The molecule has 0 aliphatic carbocycles. The molecule has 2 N–H and O–H groups in total. The maximum absolute atomic E-state index is 12.2. The van der Waals surface area contributed by atoms with Crippen LogP contribution >= 0.6 is 31.9 Å². The summed E-state index contributed by atoms with van der Waals surface area (Å²) in [4.78, 5) is 24.0. The molecule has 0 radical (unpaired) electrons. The third kappa shape index (κ3) is 6.22. The van der Waals surface area contributed by atoms with E-state index < -0.39 is 0 Å². The number of methoxy groups -OCH3 is 1. The van der Waals surface area contributed by atoms with Crippen molar-refractivity contribution in [1.82, 2.24) is 0 Å². The molecule has 2 amide bonds. The van der Waals surface area contributed by atoms with E-state index in [9.17, 15) is 9.59 Å². The third-order valence-corrected chi connectivity index (χ3v) is 4.62. The monoisotopic (exact) mass is 494 g/mol. The molecule has 0 heterocycles. The van der Waals surface area contributed by atoms with Crippen LogP contribution in [0.5, 0.6) is 5.75 Å². The topological polar surface area (TPSA) is 67.4 Å². The summed E-state index contributed by atoms with van der Waals surface area (Å²) < 4.78 is 7.01. The number of amides is 2. The lowest BCUT2D eigenvalue weighted by molar-refractivity contribution is -0.119. The normalized spacial score (nSPS) is 10.9. The molecule has 0 aromatic heterocycles. The van der Waals surface area contributed by atoms with E-state index in [1.54, 1.807) is 37.5 Å². The van der Waals surface area contributed by atoms with Crippen LogP contribution in [0.25, 0.3) is 6.08 Å². The predicted molar refractivity (Wildman–Crippen MR) is 116 cm³/mol. The van der Waals surface area contributed by atoms with Crippen molar-refractivity contribution >= 4 is 61.1 Å². The van der Waals surface area contributed by atoms with Gasteiger partial charge in [-0.05, 0) is 52.3 Å². The molecule has 5 nitrogen and oxygen atoms in total. The Hall–Kier alpha value is -2.12. The van der Waals surface area contributed by atoms with E-state index in [2.05, 4.69) is 42.5 Å². The quantitative estimate of drug-likeness (QED) is 0.522. The first-order valence-corrected chi connectivity index (χ1v) is 9.81. The predicted octanol–water partition coefficient (Wildman–Crippen LogP) is 5.47. The Kier molecular flexibility index (Phi) is 7.62. The lowest BCUT2D eigenvalue weighted by atomic mass is 10.2. The first-order chi connectivity index (χ1) is 12.8. The molecule has 0 saturated carbocycles. The van der Waals surface area contributed by atoms with E-state index >= 15 is 0 Å². The highest BCUT2D eigenvalue weighted by Crippen LogP contribution is 2.33. The lowest BCUT2D eigenvalue weighted by Crippen LogP contribution is -2.17. The van der Waals surface area contributed by atoms with E-state index in [4.69, 9.17) is 4.74 Å². The molecule has 0 aliphatic rings. The molecular formula is C20H20Br2N2O3. The number of rotatable bonds is 6. The van der Waals surface area contributed by atoms with Gasteiger partial charge in [0.1, 0.15) is 5.75 Å². The van der Waals surface area contributed by atoms with Gasteiger partial charge in [-0.2, -0.15) is 0 Å². The van der Waals surface area contributed by atoms with Gasteiger partial charge in [-0.15, -0.1) is 0 Å². The van der Waals surface area contributed by atoms with Crippen molar-refractivity contribution in [3.05, 3.63) is 57.0 Å². The van der Waals surface area contributed by atoms with Gasteiger partial charge in [0.05, 0.1) is 11.6 Å². The molecule has 7 heteroatoms. The number of hydrogen-bond acceptors (Lipinski definition) is 3. The van der Waals surface area contributed by atoms with Crippen molar-refractivity contribution in [1.29, 1.82) is 0 Å². The van der Waals surface area contributed by atoms with Gasteiger partial charge in [0, 0.05) is 33.4 Å². The molecule has 27 heavy (non-hydrogen) atoms. The van der Waals surface area contributed by atoms with Crippen LogP contribution < -0.4 is 15.4 Å². The number of anilines is 2. The van der Waals surface area contributed by atoms with Gasteiger partial charge in [-0.25, -0.2) is 0 Å². The smallest absolute Gasteiger partial charge is 0.248 e. The van der Waals surface area contributed by atoms with Crippen LogP contribution in [0.15, 0.2) is 51.4 Å². The van der Waals surface area contributed by atoms with Gasteiger partial charge in [0.15, 0.2) is 0 Å². The molecule has 2 rings (SSSR count). The Morgan fingerprint density at radius 2 is 1.74 bits per heavy atom. The number of ether oxygens (including phenoxy) is 1. The minimum absolute atomic E-state index is 0.0781. The summed E-state index contributed by atoms with van der Waals surface area (Å²) in [7, 11) is 1.57. The Labute approximate surface area is 175 Å². The van der Waals surface area contributed by atoms with Crippen LogP contribution in [0.4, 0.5) is 11.4 Å². The zero-order chi connectivity index (χ0) is 20.0. The minimum atomic E-state index is -0.291. The summed E-state index contributed by atoms with van der Waals surface area (Å²) in [6.07, 6.45) is 3.10. The molecule has 0 bridgehead atoms. The maximum Gasteiger partial charge on any atom is 0.248 e. The number of benzene rings is 2. The van der Waals surface area contributed by atoms with Gasteiger partial charge >= 0.3 is 0 Å². The summed E-state index contributed by atoms with van der Waals surface area (Å²) in [6, 6.07) is 10.7. The van der Waals surface area contributed by atoms with Gasteiger partial charge in [-0.3, -0.25) is 9.59 Å². The first-order valence-electron chi connectivity index (χ1n) is 8.23. The number of hydrogen-bond donors (Lipinski definition) is 2. The average molecular weight is 496 g/mol. The summed E-state index contributed by atoms with van der Waals surface area (Å²) in [5, 5.41) is 5.59. The van der Waals surface area contributed by atoms with Gasteiger partial charge < -0.3 is 15.4 Å². The molecule has 2 aromatic rings. The lowest BCUT2D eigenvalue weighted by Gasteiger charge is -2.10. The standard InChI is InChI=1S/C20H20Br2N2O3/c1-12(2)20(26)24-16-6-4-5-15(11-16)23-18(25)8-7-13-9-14(21)10-17(22)19(13)27-3/h4-12H,1-3H3,(H,23,25)(H,24,26). The molecule has 0 spiro atoms. The number of carbonyl (C=O) groups excluding carboxylic acids is 2. The third-order valence-electron chi connectivity index (χ3n) is 3.58. The van der Waals surface area contributed by atoms with Gasteiger partial charge in [0.2, 0.25) is 11.8 Å². The van der Waals surface area contributed by atoms with E-state index in [-0.39, 0.29) is 17.7 Å². The second kappa shape index (κ2) is 9.71. The molecule has 2 aromatic carbocycles. The van der Waals surface area contributed by atoms with Crippen molar-refractivity contribution < 1.29 is 14.3 Å². The van der Waals surface area contributed by atoms with Crippen molar-refractivity contribution in [2.75, 3.05) is 17.7 Å². The Morgan fingerprint density at radius 3 is 2.37 bits per heavy atom. The molecule has 0 unspecified atom stereocenters. The first kappa shape index (κ1) is 21.2. The zero-order valence-corrected chi connectivity index (χ0v) is 18.3. The number of carbonyl (C=O) groups is 2. The van der Waals surface area contributed by atoms with Crippen LogP contribution in [-0.2, 0) is 9.59 Å². The number of halogens is 2. The largest absolute Gasteiger partial charge is 0.495 e. The van der Waals surface area contributed by atoms with Crippen molar-refractivity contribution in [2.45, 2.75) is 13.8 Å². The summed E-state index contributed by atoms with van der Waals surface area (Å²) in [5.41, 5.74) is 1.98. The second-order valence-corrected chi connectivity index (χ2v) is 7.83. The highest BCUT2D eigenvalue weighted by molar-refractivity contribution is 9.11. The summed E-state index contributed by atoms with van der Waals surface area (Å²) >= 11 is 6.85. The number of nitrogens with one attached hydrogen (secondary N) is 2. The highest BCUT2D eigenvalue weighted by Gasteiger charge is 2.09. The van der Waals surface area contributed by atoms with Crippen LogP contribution in [0, 0.1) is 5.92 Å². The molecular weight excluding hydrogens is 476 g/mol. The van der Waals surface area contributed by atoms with Gasteiger partial charge in [-0.1, -0.05) is 35.8 Å². The maximum atomic E-state index is 12.2. The molecule has 0 fully saturated rings. The van der Waals surface area contributed by atoms with Crippen LogP contribution in [-0.4, -0.2) is 18.9 Å².